The highest BCUT2D eigenvalue weighted by Crippen LogP contribution is 2.30. The number of sulfonamides is 1. The third-order valence-corrected chi connectivity index (χ3v) is 5.51. The van der Waals surface area contributed by atoms with E-state index in [0.717, 1.165) is 0 Å². The molecule has 9 heteroatoms. The molecule has 2 aromatic rings. The van der Waals surface area contributed by atoms with Gasteiger partial charge in [-0.2, -0.15) is 0 Å². The summed E-state index contributed by atoms with van der Waals surface area (Å²) in [6.07, 6.45) is 5.11. The van der Waals surface area contributed by atoms with Crippen LogP contribution < -0.4 is 15.4 Å². The van der Waals surface area contributed by atoms with Crippen molar-refractivity contribution in [1.29, 1.82) is 0 Å². The Balaban J connectivity index is 2.55. The molecule has 142 valence electrons. The fourth-order valence-corrected chi connectivity index (χ4v) is 4.39. The van der Waals surface area contributed by atoms with Gasteiger partial charge in [0.05, 0.1) is 4.90 Å². The first-order chi connectivity index (χ1) is 12.0. The van der Waals surface area contributed by atoms with E-state index in [4.69, 9.17) is 0 Å². The van der Waals surface area contributed by atoms with E-state index in [1.165, 1.54) is 0 Å². The minimum absolute atomic E-state index is 0.142. The first kappa shape index (κ1) is 20.3. The number of imidazole rings is 1. The Labute approximate surface area is 160 Å². The predicted octanol–water partition coefficient (Wildman–Crippen LogP) is 2.69. The summed E-state index contributed by atoms with van der Waals surface area (Å²) in [7, 11) is -0.176. The first-order valence-corrected chi connectivity index (χ1v) is 9.96. The molecule has 1 aromatic carbocycles. The molecule has 1 heterocycles. The monoisotopic (exact) mass is 395 g/mol. The molecule has 0 aliphatic heterocycles. The maximum Gasteiger partial charge on any atom is 0.241 e. The molecule has 3 N–H and O–H groups in total. The lowest BCUT2D eigenvalue weighted by Gasteiger charge is -2.22. The average Bonchev–Trinajstić information content (AvgIpc) is 2.90. The van der Waals surface area contributed by atoms with Gasteiger partial charge in [-0.1, -0.05) is 6.07 Å². The van der Waals surface area contributed by atoms with Gasteiger partial charge in [0, 0.05) is 54.4 Å². The Morgan fingerprint density at radius 1 is 1.31 bits per heavy atom. The van der Waals surface area contributed by atoms with Gasteiger partial charge in [0.1, 0.15) is 0 Å². The van der Waals surface area contributed by atoms with Gasteiger partial charge in [-0.3, -0.25) is 0 Å². The number of aromatic nitrogens is 2. The van der Waals surface area contributed by atoms with Crippen molar-refractivity contribution in [2.45, 2.75) is 31.2 Å². The Morgan fingerprint density at radius 2 is 2.00 bits per heavy atom. The lowest BCUT2D eigenvalue weighted by Crippen LogP contribution is -2.40. The van der Waals surface area contributed by atoms with E-state index in [1.54, 1.807) is 69.2 Å². The third-order valence-electron chi connectivity index (χ3n) is 3.35. The summed E-state index contributed by atoms with van der Waals surface area (Å²) in [5.74, 6) is 0.613. The molecule has 1 aromatic heterocycles. The highest BCUT2D eigenvalue weighted by atomic mass is 32.2. The quantitative estimate of drug-likeness (QED) is 0.565. The van der Waals surface area contributed by atoms with Crippen LogP contribution in [0.1, 0.15) is 26.3 Å². The number of anilines is 2. The summed E-state index contributed by atoms with van der Waals surface area (Å²) >= 11 is 4.42. The van der Waals surface area contributed by atoms with Gasteiger partial charge in [-0.25, -0.2) is 18.1 Å². The van der Waals surface area contributed by atoms with Crippen molar-refractivity contribution in [2.75, 3.05) is 12.4 Å². The van der Waals surface area contributed by atoms with E-state index in [-0.39, 0.29) is 4.90 Å². The fraction of sp³-hybridized carbons (Fsp3) is 0.353. The van der Waals surface area contributed by atoms with Gasteiger partial charge >= 0.3 is 0 Å². The van der Waals surface area contributed by atoms with Crippen LogP contribution in [0.15, 0.2) is 41.7 Å². The van der Waals surface area contributed by atoms with Crippen molar-refractivity contribution in [1.82, 2.24) is 19.6 Å². The van der Waals surface area contributed by atoms with Crippen LogP contribution in [0.4, 0.5) is 11.6 Å². The molecule has 0 aliphatic rings. The molecule has 0 amide bonds. The molecule has 0 aliphatic carbocycles. The van der Waals surface area contributed by atoms with Gasteiger partial charge in [0.25, 0.3) is 0 Å². The molecule has 2 rings (SSSR count). The molecule has 0 atom stereocenters. The molecule has 0 saturated heterocycles. The maximum absolute atomic E-state index is 13.0. The molecule has 7 nitrogen and oxygen atoms in total. The van der Waals surface area contributed by atoms with E-state index in [9.17, 15) is 8.42 Å². The second-order valence-electron chi connectivity index (χ2n) is 6.87. The number of hydrogen-bond donors (Lipinski definition) is 4. The maximum atomic E-state index is 13.0. The standard InChI is InChI=1S/C17H25N5O2S2/c1-17(2,3)21-26(23,24)15-10-12(20-16-19-8-9-22(16)5)6-7-13(15)14(25)11-18-4/h6-11,18,21,25H,1-5H3,(H,19,20)/b14-11-. The van der Waals surface area contributed by atoms with E-state index in [2.05, 4.69) is 33.0 Å². The van der Waals surface area contributed by atoms with Gasteiger partial charge in [0.15, 0.2) is 0 Å². The van der Waals surface area contributed by atoms with E-state index in [0.29, 0.717) is 22.1 Å². The van der Waals surface area contributed by atoms with Gasteiger partial charge in [0.2, 0.25) is 16.0 Å². The Morgan fingerprint density at radius 3 is 2.54 bits per heavy atom. The van der Waals surface area contributed by atoms with Crippen molar-refractivity contribution >= 4 is 39.2 Å². The minimum Gasteiger partial charge on any atom is -0.393 e. The number of nitrogens with zero attached hydrogens (tertiary/aromatic N) is 2. The summed E-state index contributed by atoms with van der Waals surface area (Å²) in [4.78, 5) is 4.86. The van der Waals surface area contributed by atoms with Crippen LogP contribution in [0, 0.1) is 0 Å². The number of aryl methyl sites for hydroxylation is 1. The van der Waals surface area contributed by atoms with E-state index >= 15 is 0 Å². The Bertz CT molecular complexity index is 911. The number of nitrogens with one attached hydrogen (secondary N) is 3. The average molecular weight is 396 g/mol. The number of hydrogen-bond acceptors (Lipinski definition) is 6. The van der Waals surface area contributed by atoms with Crippen molar-refractivity contribution in [3.05, 3.63) is 42.4 Å². The molecule has 0 unspecified atom stereocenters. The van der Waals surface area contributed by atoms with Crippen molar-refractivity contribution in [3.8, 4) is 0 Å². The summed E-state index contributed by atoms with van der Waals surface area (Å²) in [5.41, 5.74) is 0.510. The van der Waals surface area contributed by atoms with Gasteiger partial charge in [-0.05, 0) is 32.9 Å². The van der Waals surface area contributed by atoms with Gasteiger partial charge < -0.3 is 15.2 Å². The van der Waals surface area contributed by atoms with Crippen LogP contribution in [0.2, 0.25) is 0 Å². The number of benzene rings is 1. The molecule has 0 bridgehead atoms. The normalized spacial score (nSPS) is 12.9. The van der Waals surface area contributed by atoms with E-state index in [1.807, 2.05) is 7.05 Å². The van der Waals surface area contributed by atoms with Crippen molar-refractivity contribution < 1.29 is 8.42 Å². The van der Waals surface area contributed by atoms with Gasteiger partial charge in [-0.15, -0.1) is 12.6 Å². The Hall–Kier alpha value is -1.97. The van der Waals surface area contributed by atoms with Crippen LogP contribution >= 0.6 is 12.6 Å². The molecule has 0 saturated carbocycles. The highest BCUT2D eigenvalue weighted by Gasteiger charge is 2.25. The number of thiol groups is 1. The van der Waals surface area contributed by atoms with Crippen LogP contribution in [-0.4, -0.2) is 30.6 Å². The number of rotatable bonds is 6. The highest BCUT2D eigenvalue weighted by molar-refractivity contribution is 7.91. The molecule has 0 spiro atoms. The van der Waals surface area contributed by atoms with E-state index < -0.39 is 15.6 Å². The summed E-state index contributed by atoms with van der Waals surface area (Å²) in [6, 6.07) is 5.09. The second-order valence-corrected chi connectivity index (χ2v) is 9.00. The van der Waals surface area contributed by atoms with Crippen LogP contribution in [0.5, 0.6) is 0 Å². The smallest absolute Gasteiger partial charge is 0.241 e. The van der Waals surface area contributed by atoms with Crippen LogP contribution in [0.3, 0.4) is 0 Å². The topological polar surface area (TPSA) is 88.1 Å². The lowest BCUT2D eigenvalue weighted by atomic mass is 10.1. The van der Waals surface area contributed by atoms with Crippen molar-refractivity contribution in [3.63, 3.8) is 0 Å². The third kappa shape index (κ3) is 5.03. The predicted molar refractivity (Wildman–Crippen MR) is 109 cm³/mol. The first-order valence-electron chi connectivity index (χ1n) is 8.02. The SMILES string of the molecule is CN/C=C(\S)c1ccc(Nc2nccn2C)cc1S(=O)(=O)NC(C)(C)C. The molecule has 26 heavy (non-hydrogen) atoms. The largest absolute Gasteiger partial charge is 0.393 e. The zero-order valence-electron chi connectivity index (χ0n) is 15.5. The molecular weight excluding hydrogens is 370 g/mol. The molecular formula is C17H25N5O2S2. The fourth-order valence-electron chi connectivity index (χ4n) is 2.32. The summed E-state index contributed by atoms with van der Waals surface area (Å²) < 4.78 is 30.4. The lowest BCUT2D eigenvalue weighted by molar-refractivity contribution is 0.491. The molecule has 0 fully saturated rings. The van der Waals surface area contributed by atoms with Crippen LogP contribution in [0.25, 0.3) is 4.91 Å². The summed E-state index contributed by atoms with van der Waals surface area (Å²) in [5, 5.41) is 5.99. The zero-order valence-corrected chi connectivity index (χ0v) is 17.2. The Kier molecular flexibility index (Phi) is 6.05. The minimum atomic E-state index is -3.76. The van der Waals surface area contributed by atoms with Crippen molar-refractivity contribution in [2.24, 2.45) is 7.05 Å². The zero-order chi connectivity index (χ0) is 19.5. The molecule has 0 radical (unpaired) electrons. The summed E-state index contributed by atoms with van der Waals surface area (Å²) in [6.45, 7) is 5.39. The second kappa shape index (κ2) is 7.73. The van der Waals surface area contributed by atoms with Crippen LogP contribution in [-0.2, 0) is 17.1 Å².